The van der Waals surface area contributed by atoms with Crippen LogP contribution in [0.3, 0.4) is 0 Å². The van der Waals surface area contributed by atoms with Crippen molar-refractivity contribution in [1.29, 1.82) is 0 Å². The first kappa shape index (κ1) is 14.0. The molecule has 1 saturated carbocycles. The summed E-state index contributed by atoms with van der Waals surface area (Å²) < 4.78 is 6.05. The van der Waals surface area contributed by atoms with E-state index in [1.807, 2.05) is 12.3 Å². The lowest BCUT2D eigenvalue weighted by Crippen LogP contribution is -2.49. The van der Waals surface area contributed by atoms with Gasteiger partial charge in [0.25, 0.3) is 0 Å². The Labute approximate surface area is 122 Å². The molecule has 1 saturated heterocycles. The van der Waals surface area contributed by atoms with Crippen LogP contribution in [0.1, 0.15) is 44.2 Å². The molecule has 3 heteroatoms. The minimum atomic E-state index is 0.253. The van der Waals surface area contributed by atoms with Gasteiger partial charge in [0.15, 0.2) is 0 Å². The number of ether oxygens (including phenoxy) is 1. The molecule has 1 spiro atoms. The molecule has 1 aromatic rings. The van der Waals surface area contributed by atoms with Crippen LogP contribution in [0.4, 0.5) is 0 Å². The SMILES string of the molecule is CNC(CCc1ccccn1)C1CCOC2(CCC2)C1. The highest BCUT2D eigenvalue weighted by Crippen LogP contribution is 2.45. The van der Waals surface area contributed by atoms with Gasteiger partial charge in [-0.2, -0.15) is 0 Å². The Morgan fingerprint density at radius 1 is 1.45 bits per heavy atom. The van der Waals surface area contributed by atoms with E-state index in [-0.39, 0.29) is 5.60 Å². The molecule has 0 aromatic carbocycles. The van der Waals surface area contributed by atoms with Gasteiger partial charge in [-0.05, 0) is 70.0 Å². The van der Waals surface area contributed by atoms with Crippen molar-refractivity contribution < 1.29 is 4.74 Å². The molecule has 20 heavy (non-hydrogen) atoms. The van der Waals surface area contributed by atoms with E-state index in [9.17, 15) is 0 Å². The van der Waals surface area contributed by atoms with Gasteiger partial charge < -0.3 is 10.1 Å². The standard InChI is InChI=1S/C17H26N2O/c1-18-16(7-6-15-5-2-3-11-19-15)14-8-12-20-17(13-14)9-4-10-17/h2-3,5,11,14,16,18H,4,6-10,12-13H2,1H3. The zero-order chi connectivity index (χ0) is 13.8. The van der Waals surface area contributed by atoms with E-state index in [0.29, 0.717) is 6.04 Å². The fourth-order valence-corrected chi connectivity index (χ4v) is 3.79. The van der Waals surface area contributed by atoms with E-state index in [1.165, 1.54) is 44.2 Å². The molecule has 0 amide bonds. The zero-order valence-corrected chi connectivity index (χ0v) is 12.5. The van der Waals surface area contributed by atoms with E-state index in [2.05, 4.69) is 29.5 Å². The van der Waals surface area contributed by atoms with Gasteiger partial charge in [0.1, 0.15) is 0 Å². The van der Waals surface area contributed by atoms with Crippen molar-refractivity contribution in [3.8, 4) is 0 Å². The largest absolute Gasteiger partial charge is 0.375 e. The Bertz CT molecular complexity index is 416. The van der Waals surface area contributed by atoms with Crippen molar-refractivity contribution >= 4 is 0 Å². The van der Waals surface area contributed by atoms with E-state index >= 15 is 0 Å². The van der Waals surface area contributed by atoms with E-state index < -0.39 is 0 Å². The van der Waals surface area contributed by atoms with E-state index in [4.69, 9.17) is 4.74 Å². The van der Waals surface area contributed by atoms with Crippen molar-refractivity contribution in [3.63, 3.8) is 0 Å². The van der Waals surface area contributed by atoms with Crippen LogP contribution < -0.4 is 5.32 Å². The molecule has 3 rings (SSSR count). The van der Waals surface area contributed by atoms with Crippen molar-refractivity contribution in [2.24, 2.45) is 5.92 Å². The van der Waals surface area contributed by atoms with Crippen LogP contribution in [0.25, 0.3) is 0 Å². The highest BCUT2D eigenvalue weighted by Gasteiger charge is 2.43. The summed E-state index contributed by atoms with van der Waals surface area (Å²) in [6, 6.07) is 6.79. The predicted molar refractivity (Wildman–Crippen MR) is 80.7 cm³/mol. The Hall–Kier alpha value is -0.930. The van der Waals surface area contributed by atoms with Crippen molar-refractivity contribution in [1.82, 2.24) is 10.3 Å². The first-order valence-electron chi connectivity index (χ1n) is 8.02. The molecule has 1 aliphatic heterocycles. The molecular formula is C17H26N2O. The molecular weight excluding hydrogens is 248 g/mol. The van der Waals surface area contributed by atoms with Crippen molar-refractivity contribution in [3.05, 3.63) is 30.1 Å². The number of hydrogen-bond acceptors (Lipinski definition) is 3. The Morgan fingerprint density at radius 2 is 2.35 bits per heavy atom. The van der Waals surface area contributed by atoms with Crippen LogP contribution in [0, 0.1) is 5.92 Å². The van der Waals surface area contributed by atoms with Crippen LogP contribution in [0.15, 0.2) is 24.4 Å². The summed E-state index contributed by atoms with van der Waals surface area (Å²) in [5, 5.41) is 3.54. The molecule has 2 aliphatic rings. The van der Waals surface area contributed by atoms with Crippen molar-refractivity contribution in [2.45, 2.75) is 56.6 Å². The molecule has 0 bridgehead atoms. The van der Waals surface area contributed by atoms with Crippen LogP contribution in [-0.4, -0.2) is 30.3 Å². The summed E-state index contributed by atoms with van der Waals surface area (Å²) in [5.41, 5.74) is 1.46. The van der Waals surface area contributed by atoms with Gasteiger partial charge in [0, 0.05) is 24.5 Å². The lowest BCUT2D eigenvalue weighted by Gasteiger charge is -2.48. The number of rotatable bonds is 5. The molecule has 2 heterocycles. The lowest BCUT2D eigenvalue weighted by molar-refractivity contribution is -0.147. The molecule has 1 aliphatic carbocycles. The maximum absolute atomic E-state index is 6.05. The summed E-state index contributed by atoms with van der Waals surface area (Å²) in [6.45, 7) is 0.951. The molecule has 1 N–H and O–H groups in total. The molecule has 0 radical (unpaired) electrons. The highest BCUT2D eigenvalue weighted by molar-refractivity contribution is 5.04. The van der Waals surface area contributed by atoms with Crippen LogP contribution in [-0.2, 0) is 11.2 Å². The number of nitrogens with one attached hydrogen (secondary N) is 1. The van der Waals surface area contributed by atoms with E-state index in [0.717, 1.165) is 18.9 Å². The predicted octanol–water partition coefficient (Wildman–Crippen LogP) is 2.95. The fourth-order valence-electron chi connectivity index (χ4n) is 3.79. The Balaban J connectivity index is 1.55. The normalized spacial score (nSPS) is 26.1. The van der Waals surface area contributed by atoms with Gasteiger partial charge in [-0.15, -0.1) is 0 Å². The molecule has 3 nitrogen and oxygen atoms in total. The van der Waals surface area contributed by atoms with Crippen LogP contribution in [0.2, 0.25) is 0 Å². The van der Waals surface area contributed by atoms with Gasteiger partial charge in [0.2, 0.25) is 0 Å². The maximum atomic E-state index is 6.05. The molecule has 110 valence electrons. The number of hydrogen-bond donors (Lipinski definition) is 1. The fraction of sp³-hybridized carbons (Fsp3) is 0.706. The first-order chi connectivity index (χ1) is 9.81. The second kappa shape index (κ2) is 6.23. The first-order valence-corrected chi connectivity index (χ1v) is 8.02. The maximum Gasteiger partial charge on any atom is 0.0685 e. The second-order valence-electron chi connectivity index (χ2n) is 6.39. The summed E-state index contributed by atoms with van der Waals surface area (Å²) in [6.07, 6.45) is 10.5. The average molecular weight is 274 g/mol. The number of nitrogens with zero attached hydrogens (tertiary/aromatic N) is 1. The Morgan fingerprint density at radius 3 is 3.00 bits per heavy atom. The zero-order valence-electron chi connectivity index (χ0n) is 12.5. The lowest BCUT2D eigenvalue weighted by atomic mass is 9.70. The quantitative estimate of drug-likeness (QED) is 0.896. The third-order valence-corrected chi connectivity index (χ3v) is 5.17. The summed E-state index contributed by atoms with van der Waals surface area (Å²) in [7, 11) is 2.10. The molecule has 2 unspecified atom stereocenters. The topological polar surface area (TPSA) is 34.2 Å². The van der Waals surface area contributed by atoms with Gasteiger partial charge >= 0.3 is 0 Å². The Kier molecular flexibility index (Phi) is 4.37. The summed E-state index contributed by atoms with van der Waals surface area (Å²) in [5.74, 6) is 0.762. The van der Waals surface area contributed by atoms with Gasteiger partial charge in [0.05, 0.1) is 5.60 Å². The number of pyridine rings is 1. The van der Waals surface area contributed by atoms with Crippen LogP contribution >= 0.6 is 0 Å². The minimum absolute atomic E-state index is 0.253. The minimum Gasteiger partial charge on any atom is -0.375 e. The van der Waals surface area contributed by atoms with Gasteiger partial charge in [-0.3, -0.25) is 4.98 Å². The number of aryl methyl sites for hydroxylation is 1. The third kappa shape index (κ3) is 3.04. The summed E-state index contributed by atoms with van der Waals surface area (Å²) in [4.78, 5) is 4.43. The number of aromatic nitrogens is 1. The smallest absolute Gasteiger partial charge is 0.0685 e. The molecule has 1 aromatic heterocycles. The highest BCUT2D eigenvalue weighted by atomic mass is 16.5. The van der Waals surface area contributed by atoms with Gasteiger partial charge in [-0.25, -0.2) is 0 Å². The second-order valence-corrected chi connectivity index (χ2v) is 6.39. The molecule has 2 atom stereocenters. The van der Waals surface area contributed by atoms with E-state index in [1.54, 1.807) is 0 Å². The third-order valence-electron chi connectivity index (χ3n) is 5.17. The monoisotopic (exact) mass is 274 g/mol. The summed E-state index contributed by atoms with van der Waals surface area (Å²) >= 11 is 0. The van der Waals surface area contributed by atoms with Gasteiger partial charge in [-0.1, -0.05) is 6.07 Å². The molecule has 2 fully saturated rings. The van der Waals surface area contributed by atoms with Crippen molar-refractivity contribution in [2.75, 3.05) is 13.7 Å². The average Bonchev–Trinajstić information content (AvgIpc) is 2.48. The van der Waals surface area contributed by atoms with Crippen LogP contribution in [0.5, 0.6) is 0 Å².